The van der Waals surface area contributed by atoms with Crippen molar-refractivity contribution < 1.29 is 27.5 Å². The van der Waals surface area contributed by atoms with Crippen LogP contribution in [0.2, 0.25) is 0 Å². The van der Waals surface area contributed by atoms with Crippen LogP contribution >= 0.6 is 0 Å². The van der Waals surface area contributed by atoms with Gasteiger partial charge in [-0.05, 0) is 36.5 Å². The molecule has 1 atom stereocenters. The predicted molar refractivity (Wildman–Crippen MR) is 106 cm³/mol. The van der Waals surface area contributed by atoms with Crippen molar-refractivity contribution in [3.8, 4) is 0 Å². The van der Waals surface area contributed by atoms with Gasteiger partial charge in [-0.15, -0.1) is 0 Å². The van der Waals surface area contributed by atoms with Crippen LogP contribution in [0.25, 0.3) is 0 Å². The Morgan fingerprint density at radius 2 is 1.79 bits per heavy atom. The Morgan fingerprint density at radius 1 is 1.14 bits per heavy atom. The minimum Gasteiger partial charge on any atom is -0.454 e. The predicted octanol–water partition coefficient (Wildman–Crippen LogP) is 1.37. The lowest BCUT2D eigenvalue weighted by molar-refractivity contribution is -0.160. The molecule has 2 aliphatic rings. The van der Waals surface area contributed by atoms with Gasteiger partial charge in [0, 0.05) is 32.8 Å². The maximum Gasteiger partial charge on any atom is 0.335 e. The van der Waals surface area contributed by atoms with Crippen molar-refractivity contribution in [3.05, 3.63) is 29.8 Å². The first-order valence-corrected chi connectivity index (χ1v) is 11.4. The molecule has 2 heterocycles. The van der Waals surface area contributed by atoms with E-state index in [2.05, 4.69) is 13.8 Å². The Hall–Kier alpha value is -1.97. The topological polar surface area (TPSA) is 93.2 Å². The molecule has 0 saturated carbocycles. The molecule has 0 spiro atoms. The van der Waals surface area contributed by atoms with E-state index in [0.29, 0.717) is 18.9 Å². The molecule has 0 aromatic heterocycles. The number of carbonyl (C=O) groups is 2. The van der Waals surface area contributed by atoms with Crippen LogP contribution in [0, 0.1) is 0 Å². The molecular formula is C20H28N2O6S. The number of carbonyl (C=O) groups excluding carboxylic acids is 2. The van der Waals surface area contributed by atoms with Gasteiger partial charge in [0.1, 0.15) is 0 Å². The van der Waals surface area contributed by atoms with E-state index in [0.717, 1.165) is 12.0 Å². The maximum absolute atomic E-state index is 12.8. The minimum atomic E-state index is -3.60. The van der Waals surface area contributed by atoms with Crippen molar-refractivity contribution in [1.29, 1.82) is 0 Å². The highest BCUT2D eigenvalue weighted by atomic mass is 32.2. The molecule has 0 bridgehead atoms. The summed E-state index contributed by atoms with van der Waals surface area (Å²) < 4.78 is 37.4. The van der Waals surface area contributed by atoms with E-state index in [9.17, 15) is 18.0 Å². The fourth-order valence-electron chi connectivity index (χ4n) is 3.43. The first-order valence-electron chi connectivity index (χ1n) is 9.95. The Bertz CT molecular complexity index is 823. The van der Waals surface area contributed by atoms with Gasteiger partial charge in [0.2, 0.25) is 10.0 Å². The van der Waals surface area contributed by atoms with Crippen LogP contribution in [0.3, 0.4) is 0 Å². The van der Waals surface area contributed by atoms with E-state index >= 15 is 0 Å². The monoisotopic (exact) mass is 424 g/mol. The van der Waals surface area contributed by atoms with Crippen LogP contribution in [0.1, 0.15) is 38.2 Å². The molecule has 2 saturated heterocycles. The largest absolute Gasteiger partial charge is 0.454 e. The Kier molecular flexibility index (Phi) is 6.92. The van der Waals surface area contributed by atoms with Gasteiger partial charge in [-0.2, -0.15) is 4.31 Å². The number of sulfonamides is 1. The zero-order valence-electron chi connectivity index (χ0n) is 16.9. The molecular weight excluding hydrogens is 396 g/mol. The van der Waals surface area contributed by atoms with E-state index < -0.39 is 22.1 Å². The molecule has 8 nitrogen and oxygen atoms in total. The van der Waals surface area contributed by atoms with Crippen molar-refractivity contribution in [1.82, 2.24) is 9.21 Å². The number of amides is 1. The second-order valence-electron chi connectivity index (χ2n) is 7.62. The van der Waals surface area contributed by atoms with E-state index in [4.69, 9.17) is 9.47 Å². The average Bonchev–Trinajstić information content (AvgIpc) is 3.27. The number of benzene rings is 1. The Morgan fingerprint density at radius 3 is 2.34 bits per heavy atom. The van der Waals surface area contributed by atoms with Crippen molar-refractivity contribution in [2.75, 3.05) is 39.4 Å². The molecule has 2 fully saturated rings. The van der Waals surface area contributed by atoms with Crippen LogP contribution in [-0.4, -0.2) is 75.0 Å². The zero-order valence-corrected chi connectivity index (χ0v) is 17.7. The third-order valence-electron chi connectivity index (χ3n) is 5.31. The third kappa shape index (κ3) is 5.15. The van der Waals surface area contributed by atoms with Gasteiger partial charge in [0.25, 0.3) is 5.91 Å². The number of ether oxygens (including phenoxy) is 2. The van der Waals surface area contributed by atoms with Crippen molar-refractivity contribution in [2.45, 2.75) is 43.6 Å². The Labute approximate surface area is 171 Å². The lowest BCUT2D eigenvalue weighted by atomic mass is 10.0. The highest BCUT2D eigenvalue weighted by Crippen LogP contribution is 2.21. The van der Waals surface area contributed by atoms with Gasteiger partial charge in [0.05, 0.1) is 4.90 Å². The van der Waals surface area contributed by atoms with Crippen LogP contribution in [0.15, 0.2) is 29.2 Å². The van der Waals surface area contributed by atoms with Gasteiger partial charge < -0.3 is 14.4 Å². The standard InChI is InChI=1S/C20H28N2O6S/c1-15(2)16-5-7-17(8-6-16)29(25,26)22-11-9-21(10-12-22)19(23)14-28-20(24)18-4-3-13-27-18/h5-8,15,18H,3-4,9-14H2,1-2H3/t18-/m1/s1. The van der Waals surface area contributed by atoms with Crippen molar-refractivity contribution in [2.24, 2.45) is 0 Å². The third-order valence-corrected chi connectivity index (χ3v) is 7.22. The van der Waals surface area contributed by atoms with Crippen LogP contribution in [0.4, 0.5) is 0 Å². The van der Waals surface area contributed by atoms with Crippen LogP contribution in [-0.2, 0) is 29.1 Å². The lowest BCUT2D eigenvalue weighted by Crippen LogP contribution is -2.51. The summed E-state index contributed by atoms with van der Waals surface area (Å²) in [7, 11) is -3.60. The molecule has 0 aliphatic carbocycles. The summed E-state index contributed by atoms with van der Waals surface area (Å²) in [5.74, 6) is -0.507. The summed E-state index contributed by atoms with van der Waals surface area (Å²) >= 11 is 0. The number of nitrogens with zero attached hydrogens (tertiary/aromatic N) is 2. The molecule has 160 valence electrons. The molecule has 3 rings (SSSR count). The quantitative estimate of drug-likeness (QED) is 0.641. The highest BCUT2D eigenvalue weighted by molar-refractivity contribution is 7.89. The van der Waals surface area contributed by atoms with Crippen molar-refractivity contribution >= 4 is 21.9 Å². The number of hydrogen-bond acceptors (Lipinski definition) is 6. The van der Waals surface area contributed by atoms with Gasteiger partial charge in [0.15, 0.2) is 12.7 Å². The maximum atomic E-state index is 12.8. The fraction of sp³-hybridized carbons (Fsp3) is 0.600. The summed E-state index contributed by atoms with van der Waals surface area (Å²) in [6, 6.07) is 6.93. The molecule has 1 aromatic rings. The smallest absolute Gasteiger partial charge is 0.335 e. The van der Waals surface area contributed by atoms with E-state index in [1.807, 2.05) is 12.1 Å². The first kappa shape index (κ1) is 21.7. The van der Waals surface area contributed by atoms with Crippen LogP contribution < -0.4 is 0 Å². The SMILES string of the molecule is CC(C)c1ccc(S(=O)(=O)N2CCN(C(=O)COC(=O)[C@H]3CCCO3)CC2)cc1. The molecule has 0 N–H and O–H groups in total. The average molecular weight is 425 g/mol. The van der Waals surface area contributed by atoms with E-state index in [-0.39, 0.29) is 43.6 Å². The molecule has 29 heavy (non-hydrogen) atoms. The van der Waals surface area contributed by atoms with Gasteiger partial charge in [-0.3, -0.25) is 4.79 Å². The molecule has 1 amide bonds. The normalized spacial score (nSPS) is 20.8. The summed E-state index contributed by atoms with van der Waals surface area (Å²) in [6.07, 6.45) is 0.846. The molecule has 1 aromatic carbocycles. The van der Waals surface area contributed by atoms with Gasteiger partial charge >= 0.3 is 5.97 Å². The minimum absolute atomic E-state index is 0.208. The zero-order chi connectivity index (χ0) is 21.0. The fourth-order valence-corrected chi connectivity index (χ4v) is 4.85. The summed E-state index contributed by atoms with van der Waals surface area (Å²) in [4.78, 5) is 25.9. The van der Waals surface area contributed by atoms with E-state index in [1.54, 1.807) is 12.1 Å². The summed E-state index contributed by atoms with van der Waals surface area (Å²) in [6.45, 7) is 5.24. The first-order chi connectivity index (χ1) is 13.8. The lowest BCUT2D eigenvalue weighted by Gasteiger charge is -2.34. The highest BCUT2D eigenvalue weighted by Gasteiger charge is 2.31. The number of piperazine rings is 1. The second kappa shape index (κ2) is 9.23. The van der Waals surface area contributed by atoms with E-state index in [1.165, 1.54) is 9.21 Å². The molecule has 0 radical (unpaired) electrons. The van der Waals surface area contributed by atoms with Crippen molar-refractivity contribution in [3.63, 3.8) is 0 Å². The van der Waals surface area contributed by atoms with Gasteiger partial charge in [-0.1, -0.05) is 26.0 Å². The number of esters is 1. The molecule has 2 aliphatic heterocycles. The summed E-state index contributed by atoms with van der Waals surface area (Å²) in [5.41, 5.74) is 1.08. The molecule has 0 unspecified atom stereocenters. The second-order valence-corrected chi connectivity index (χ2v) is 9.56. The molecule has 9 heteroatoms. The summed E-state index contributed by atoms with van der Waals surface area (Å²) in [5, 5.41) is 0. The van der Waals surface area contributed by atoms with Crippen LogP contribution in [0.5, 0.6) is 0 Å². The number of hydrogen-bond donors (Lipinski definition) is 0. The van der Waals surface area contributed by atoms with Gasteiger partial charge in [-0.25, -0.2) is 13.2 Å². The number of rotatable bonds is 6. The Balaban J connectivity index is 1.51.